The van der Waals surface area contributed by atoms with Crippen LogP contribution in [0.5, 0.6) is 5.75 Å². The number of thioether (sulfide) groups is 1. The Labute approximate surface area is 125 Å². The van der Waals surface area contributed by atoms with E-state index in [4.69, 9.17) is 9.84 Å². The van der Waals surface area contributed by atoms with E-state index in [1.54, 1.807) is 0 Å². The molecular weight excluding hydrogens is 268 g/mol. The van der Waals surface area contributed by atoms with Crippen molar-refractivity contribution in [2.45, 2.75) is 37.4 Å². The Morgan fingerprint density at radius 1 is 1.15 bits per heavy atom. The first-order chi connectivity index (χ1) is 9.88. The standard InChI is InChI=1S/C17H22O2S/c18-12-4-5-15-8-10-16(11-9-15)19-13-14-20-17-6-2-1-3-7-17/h8-11,17-18H,1-3,6-7,12-14H2. The van der Waals surface area contributed by atoms with Crippen LogP contribution in [-0.4, -0.2) is 29.3 Å². The summed E-state index contributed by atoms with van der Waals surface area (Å²) >= 11 is 2.06. The molecule has 1 aliphatic carbocycles. The summed E-state index contributed by atoms with van der Waals surface area (Å²) in [5, 5.41) is 9.48. The summed E-state index contributed by atoms with van der Waals surface area (Å²) in [6, 6.07) is 7.72. The molecule has 1 aromatic rings. The molecule has 20 heavy (non-hydrogen) atoms. The fourth-order valence-corrected chi connectivity index (χ4v) is 3.56. The first-order valence-electron chi connectivity index (χ1n) is 7.32. The van der Waals surface area contributed by atoms with Crippen LogP contribution in [0.25, 0.3) is 0 Å². The summed E-state index contributed by atoms with van der Waals surface area (Å²) in [4.78, 5) is 0. The molecule has 0 amide bonds. The van der Waals surface area contributed by atoms with Crippen molar-refractivity contribution in [3.63, 3.8) is 0 Å². The van der Waals surface area contributed by atoms with Crippen molar-refractivity contribution in [3.8, 4) is 17.6 Å². The summed E-state index contributed by atoms with van der Waals surface area (Å²) in [6.07, 6.45) is 6.97. The molecule has 0 bridgehead atoms. The number of aliphatic hydroxyl groups excluding tert-OH is 1. The SMILES string of the molecule is OCC#Cc1ccc(OCCSC2CCCCC2)cc1. The molecule has 0 unspecified atom stereocenters. The van der Waals surface area contributed by atoms with E-state index in [1.165, 1.54) is 32.1 Å². The first-order valence-corrected chi connectivity index (χ1v) is 8.37. The molecule has 0 atom stereocenters. The molecule has 1 aliphatic rings. The maximum Gasteiger partial charge on any atom is 0.119 e. The smallest absolute Gasteiger partial charge is 0.119 e. The molecule has 1 fully saturated rings. The molecule has 0 aromatic heterocycles. The summed E-state index contributed by atoms with van der Waals surface area (Å²) in [5.74, 6) is 7.46. The minimum absolute atomic E-state index is 0.101. The highest BCUT2D eigenvalue weighted by Gasteiger charge is 2.13. The van der Waals surface area contributed by atoms with Gasteiger partial charge in [-0.25, -0.2) is 0 Å². The zero-order valence-corrected chi connectivity index (χ0v) is 12.6. The number of hydrogen-bond acceptors (Lipinski definition) is 3. The molecular formula is C17H22O2S. The summed E-state index contributed by atoms with van der Waals surface area (Å²) in [5.41, 5.74) is 0.906. The molecule has 1 N–H and O–H groups in total. The van der Waals surface area contributed by atoms with E-state index in [1.807, 2.05) is 24.3 Å². The lowest BCUT2D eigenvalue weighted by atomic mass is 10.0. The lowest BCUT2D eigenvalue weighted by molar-refractivity contribution is 0.343. The van der Waals surface area contributed by atoms with Gasteiger partial charge in [0.05, 0.1) is 6.61 Å². The summed E-state index contributed by atoms with van der Waals surface area (Å²) in [6.45, 7) is 0.666. The van der Waals surface area contributed by atoms with Crippen LogP contribution in [0.1, 0.15) is 37.7 Å². The van der Waals surface area contributed by atoms with Gasteiger partial charge in [-0.05, 0) is 37.1 Å². The van der Waals surface area contributed by atoms with Crippen LogP contribution >= 0.6 is 11.8 Å². The van der Waals surface area contributed by atoms with Crippen LogP contribution in [0.3, 0.4) is 0 Å². The lowest BCUT2D eigenvalue weighted by Gasteiger charge is -2.20. The molecule has 3 heteroatoms. The van der Waals surface area contributed by atoms with E-state index in [2.05, 4.69) is 23.6 Å². The average molecular weight is 290 g/mol. The maximum absolute atomic E-state index is 8.63. The molecule has 0 aliphatic heterocycles. The zero-order chi connectivity index (χ0) is 14.0. The van der Waals surface area contributed by atoms with Gasteiger partial charge in [-0.1, -0.05) is 31.1 Å². The molecule has 2 rings (SSSR count). The largest absolute Gasteiger partial charge is 0.493 e. The number of rotatable bonds is 5. The van der Waals surface area contributed by atoms with E-state index in [0.717, 1.165) is 28.9 Å². The van der Waals surface area contributed by atoms with Crippen molar-refractivity contribution >= 4 is 11.8 Å². The third kappa shape index (κ3) is 5.48. The quantitative estimate of drug-likeness (QED) is 0.665. The van der Waals surface area contributed by atoms with Crippen LogP contribution in [-0.2, 0) is 0 Å². The lowest BCUT2D eigenvalue weighted by Crippen LogP contribution is -2.11. The van der Waals surface area contributed by atoms with E-state index >= 15 is 0 Å². The van der Waals surface area contributed by atoms with Crippen molar-refractivity contribution in [2.24, 2.45) is 0 Å². The van der Waals surface area contributed by atoms with Crippen LogP contribution in [0.15, 0.2) is 24.3 Å². The van der Waals surface area contributed by atoms with Gasteiger partial charge in [-0.2, -0.15) is 11.8 Å². The number of ether oxygens (including phenoxy) is 1. The molecule has 0 spiro atoms. The van der Waals surface area contributed by atoms with E-state index < -0.39 is 0 Å². The highest BCUT2D eigenvalue weighted by molar-refractivity contribution is 7.99. The second-order valence-electron chi connectivity index (χ2n) is 4.96. The number of hydrogen-bond donors (Lipinski definition) is 1. The Kier molecular flexibility index (Phi) is 6.83. The maximum atomic E-state index is 8.63. The number of benzene rings is 1. The first kappa shape index (κ1) is 15.3. The molecule has 1 aromatic carbocycles. The normalized spacial score (nSPS) is 15.4. The molecule has 108 valence electrons. The van der Waals surface area contributed by atoms with Crippen LogP contribution < -0.4 is 4.74 Å². The minimum atomic E-state index is -0.101. The van der Waals surface area contributed by atoms with Crippen molar-refractivity contribution in [3.05, 3.63) is 29.8 Å². The van der Waals surface area contributed by atoms with Gasteiger partial charge >= 0.3 is 0 Å². The third-order valence-corrected chi connectivity index (χ3v) is 4.77. The van der Waals surface area contributed by atoms with E-state index in [0.29, 0.717) is 0 Å². The van der Waals surface area contributed by atoms with Crippen LogP contribution in [0.2, 0.25) is 0 Å². The second kappa shape index (κ2) is 8.94. The van der Waals surface area contributed by atoms with Gasteiger partial charge in [0.1, 0.15) is 12.4 Å². The van der Waals surface area contributed by atoms with Gasteiger partial charge < -0.3 is 9.84 Å². The highest BCUT2D eigenvalue weighted by atomic mass is 32.2. The van der Waals surface area contributed by atoms with Crippen LogP contribution in [0, 0.1) is 11.8 Å². The molecule has 0 heterocycles. The average Bonchev–Trinajstić information content (AvgIpc) is 2.52. The molecule has 0 saturated heterocycles. The van der Waals surface area contributed by atoms with Crippen LogP contribution in [0.4, 0.5) is 0 Å². The highest BCUT2D eigenvalue weighted by Crippen LogP contribution is 2.28. The van der Waals surface area contributed by atoms with Gasteiger partial charge in [0.15, 0.2) is 0 Å². The molecule has 1 saturated carbocycles. The van der Waals surface area contributed by atoms with E-state index in [9.17, 15) is 0 Å². The van der Waals surface area contributed by atoms with Crippen molar-refractivity contribution in [2.75, 3.05) is 19.0 Å². The summed E-state index contributed by atoms with van der Waals surface area (Å²) in [7, 11) is 0. The van der Waals surface area contributed by atoms with Crippen molar-refractivity contribution in [1.82, 2.24) is 0 Å². The Bertz CT molecular complexity index is 438. The Hall–Kier alpha value is -1.11. The van der Waals surface area contributed by atoms with Crippen molar-refractivity contribution < 1.29 is 9.84 Å². The second-order valence-corrected chi connectivity index (χ2v) is 6.37. The van der Waals surface area contributed by atoms with Gasteiger partial charge in [-0.15, -0.1) is 0 Å². The van der Waals surface area contributed by atoms with Gasteiger partial charge in [-0.3, -0.25) is 0 Å². The summed E-state index contributed by atoms with van der Waals surface area (Å²) < 4.78 is 5.74. The fraction of sp³-hybridized carbons (Fsp3) is 0.529. The minimum Gasteiger partial charge on any atom is -0.493 e. The zero-order valence-electron chi connectivity index (χ0n) is 11.8. The third-order valence-electron chi connectivity index (χ3n) is 3.42. The van der Waals surface area contributed by atoms with Gasteiger partial charge in [0.25, 0.3) is 0 Å². The number of aliphatic hydroxyl groups is 1. The van der Waals surface area contributed by atoms with Crippen molar-refractivity contribution in [1.29, 1.82) is 0 Å². The predicted octanol–water partition coefficient (Wildman–Crippen LogP) is 3.48. The fourth-order valence-electron chi connectivity index (χ4n) is 2.38. The Morgan fingerprint density at radius 2 is 1.90 bits per heavy atom. The topological polar surface area (TPSA) is 29.5 Å². The predicted molar refractivity (Wildman–Crippen MR) is 85.2 cm³/mol. The molecule has 0 radical (unpaired) electrons. The van der Waals surface area contributed by atoms with E-state index in [-0.39, 0.29) is 6.61 Å². The Morgan fingerprint density at radius 3 is 2.60 bits per heavy atom. The van der Waals surface area contributed by atoms with Gasteiger partial charge in [0.2, 0.25) is 0 Å². The Balaban J connectivity index is 1.66. The van der Waals surface area contributed by atoms with Gasteiger partial charge in [0, 0.05) is 16.6 Å². The molecule has 2 nitrogen and oxygen atoms in total. The monoisotopic (exact) mass is 290 g/mol.